The Balaban J connectivity index is 1.39. The zero-order valence-corrected chi connectivity index (χ0v) is 17.6. The zero-order valence-electron chi connectivity index (χ0n) is 17.6. The summed E-state index contributed by atoms with van der Waals surface area (Å²) in [5, 5.41) is 14.0. The molecule has 5 nitrogen and oxygen atoms in total. The highest BCUT2D eigenvalue weighted by Crippen LogP contribution is 2.60. The Morgan fingerprint density at radius 2 is 1.60 bits per heavy atom. The number of nitrogens with zero attached hydrogens (tertiary/aromatic N) is 1. The van der Waals surface area contributed by atoms with Crippen molar-refractivity contribution in [1.82, 2.24) is 0 Å². The molecule has 6 rings (SSSR count). The molecule has 5 heteroatoms. The highest BCUT2D eigenvalue weighted by molar-refractivity contribution is 6.06. The van der Waals surface area contributed by atoms with Gasteiger partial charge < -0.3 is 5.32 Å². The Bertz CT molecular complexity index is 1010. The Morgan fingerprint density at radius 3 is 2.17 bits per heavy atom. The van der Waals surface area contributed by atoms with E-state index in [0.717, 1.165) is 34.6 Å². The average Bonchev–Trinajstić information content (AvgIpc) is 2.68. The van der Waals surface area contributed by atoms with E-state index in [4.69, 9.17) is 0 Å². The number of carbonyl (C=O) groups is 1. The van der Waals surface area contributed by atoms with Gasteiger partial charge in [0.25, 0.3) is 11.6 Å². The number of rotatable bonds is 4. The van der Waals surface area contributed by atoms with Crippen LogP contribution in [0, 0.1) is 41.7 Å². The Kier molecular flexibility index (Phi) is 4.46. The quantitative estimate of drug-likeness (QED) is 0.507. The first-order valence-corrected chi connectivity index (χ1v) is 11.0. The van der Waals surface area contributed by atoms with Gasteiger partial charge in [-0.2, -0.15) is 0 Å². The summed E-state index contributed by atoms with van der Waals surface area (Å²) >= 11 is 0. The highest BCUT2D eigenvalue weighted by atomic mass is 16.6. The second kappa shape index (κ2) is 6.93. The van der Waals surface area contributed by atoms with Crippen LogP contribution >= 0.6 is 0 Å². The maximum Gasteiger partial charge on any atom is 0.270 e. The van der Waals surface area contributed by atoms with E-state index >= 15 is 0 Å². The Morgan fingerprint density at radius 1 is 0.967 bits per heavy atom. The van der Waals surface area contributed by atoms with Crippen molar-refractivity contribution < 1.29 is 9.72 Å². The molecule has 4 saturated carbocycles. The fourth-order valence-corrected chi connectivity index (χ4v) is 6.76. The molecule has 0 atom stereocenters. The SMILES string of the molecule is Cc1cc(C23CC4CC(CC(C4)C2)C3)ccc1NC(=O)c1cc([N+](=O)[O-])ccc1C. The monoisotopic (exact) mass is 404 g/mol. The number of hydrogen-bond acceptors (Lipinski definition) is 3. The van der Waals surface area contributed by atoms with E-state index < -0.39 is 4.92 Å². The lowest BCUT2D eigenvalue weighted by Gasteiger charge is -2.57. The smallest absolute Gasteiger partial charge is 0.270 e. The lowest BCUT2D eigenvalue weighted by molar-refractivity contribution is -0.384. The highest BCUT2D eigenvalue weighted by Gasteiger charge is 2.51. The molecule has 0 spiro atoms. The van der Waals surface area contributed by atoms with Gasteiger partial charge in [-0.05, 0) is 98.3 Å². The first kappa shape index (κ1) is 19.3. The number of carbonyl (C=O) groups excluding carboxylic acids is 1. The standard InChI is InChI=1S/C25H28N2O3/c1-15-3-5-21(27(29)30)11-22(15)24(28)26-23-6-4-20(7-16(23)2)25-12-17-8-18(13-25)10-19(9-17)14-25/h3-7,11,17-19H,8-10,12-14H2,1-2H3,(H,26,28). The molecule has 2 aromatic rings. The second-order valence-electron chi connectivity index (χ2n) is 9.94. The first-order valence-electron chi connectivity index (χ1n) is 11.0. The number of nitro groups is 1. The van der Waals surface area contributed by atoms with Crippen molar-refractivity contribution in [2.75, 3.05) is 5.32 Å². The third-order valence-electron chi connectivity index (χ3n) is 7.80. The van der Waals surface area contributed by atoms with E-state index in [2.05, 4.69) is 17.4 Å². The van der Waals surface area contributed by atoms with E-state index in [9.17, 15) is 14.9 Å². The van der Waals surface area contributed by atoms with Crippen molar-refractivity contribution in [1.29, 1.82) is 0 Å². The van der Waals surface area contributed by atoms with Crippen LogP contribution in [0.5, 0.6) is 0 Å². The van der Waals surface area contributed by atoms with E-state index in [1.807, 2.05) is 13.0 Å². The number of nitro benzene ring substituents is 1. The minimum atomic E-state index is -0.470. The molecule has 4 bridgehead atoms. The number of benzene rings is 2. The molecule has 4 aliphatic carbocycles. The van der Waals surface area contributed by atoms with Crippen LogP contribution in [0.1, 0.15) is 65.6 Å². The molecule has 4 fully saturated rings. The molecular weight excluding hydrogens is 376 g/mol. The molecule has 2 aromatic carbocycles. The molecule has 0 aliphatic heterocycles. The van der Waals surface area contributed by atoms with Gasteiger partial charge in [-0.15, -0.1) is 0 Å². The average molecular weight is 405 g/mol. The molecule has 0 saturated heterocycles. The normalized spacial score (nSPS) is 29.1. The van der Waals surface area contributed by atoms with Gasteiger partial charge in [0.1, 0.15) is 0 Å². The molecule has 0 aromatic heterocycles. The van der Waals surface area contributed by atoms with Gasteiger partial charge in [-0.25, -0.2) is 0 Å². The van der Waals surface area contributed by atoms with Crippen LogP contribution in [0.2, 0.25) is 0 Å². The van der Waals surface area contributed by atoms with Crippen LogP contribution < -0.4 is 5.32 Å². The van der Waals surface area contributed by atoms with Crippen LogP contribution in [-0.2, 0) is 5.41 Å². The van der Waals surface area contributed by atoms with E-state index in [-0.39, 0.29) is 11.6 Å². The van der Waals surface area contributed by atoms with E-state index in [0.29, 0.717) is 11.0 Å². The maximum atomic E-state index is 12.8. The van der Waals surface area contributed by atoms with E-state index in [1.54, 1.807) is 13.0 Å². The van der Waals surface area contributed by atoms with Gasteiger partial charge >= 0.3 is 0 Å². The number of amides is 1. The summed E-state index contributed by atoms with van der Waals surface area (Å²) < 4.78 is 0. The van der Waals surface area contributed by atoms with Crippen molar-refractivity contribution >= 4 is 17.3 Å². The first-order chi connectivity index (χ1) is 14.3. The molecule has 1 N–H and O–H groups in total. The minimum absolute atomic E-state index is 0.0698. The third-order valence-corrected chi connectivity index (χ3v) is 7.80. The lowest BCUT2D eigenvalue weighted by atomic mass is 9.48. The van der Waals surface area contributed by atoms with Crippen LogP contribution in [0.3, 0.4) is 0 Å². The molecule has 1 amide bonds. The van der Waals surface area contributed by atoms with Gasteiger partial charge in [0, 0.05) is 23.4 Å². The van der Waals surface area contributed by atoms with Gasteiger partial charge in [0.05, 0.1) is 4.92 Å². The lowest BCUT2D eigenvalue weighted by Crippen LogP contribution is -2.48. The summed E-state index contributed by atoms with van der Waals surface area (Å²) in [4.78, 5) is 23.4. The third kappa shape index (κ3) is 3.21. The molecule has 0 heterocycles. The van der Waals surface area contributed by atoms with Crippen LogP contribution in [0.15, 0.2) is 36.4 Å². The Hall–Kier alpha value is -2.69. The molecule has 0 unspecified atom stereocenters. The Labute approximate surface area is 177 Å². The van der Waals surface area contributed by atoms with Crippen molar-refractivity contribution in [3.05, 3.63) is 68.8 Å². The van der Waals surface area contributed by atoms with Crippen molar-refractivity contribution in [2.45, 2.75) is 57.8 Å². The number of hydrogen-bond donors (Lipinski definition) is 1. The summed E-state index contributed by atoms with van der Waals surface area (Å²) in [6.07, 6.45) is 8.23. The van der Waals surface area contributed by atoms with Crippen molar-refractivity contribution in [3.8, 4) is 0 Å². The van der Waals surface area contributed by atoms with Crippen molar-refractivity contribution in [2.24, 2.45) is 17.8 Å². The number of anilines is 1. The van der Waals surface area contributed by atoms with Crippen LogP contribution in [-0.4, -0.2) is 10.8 Å². The second-order valence-corrected chi connectivity index (χ2v) is 9.94. The summed E-state index contributed by atoms with van der Waals surface area (Å²) in [6.45, 7) is 3.83. The largest absolute Gasteiger partial charge is 0.322 e. The molecule has 0 radical (unpaired) electrons. The summed E-state index contributed by atoms with van der Waals surface area (Å²) in [6, 6.07) is 10.9. The topological polar surface area (TPSA) is 72.2 Å². The molecule has 4 aliphatic rings. The number of non-ortho nitro benzene ring substituents is 1. The number of aryl methyl sites for hydroxylation is 2. The van der Waals surface area contributed by atoms with Crippen LogP contribution in [0.4, 0.5) is 11.4 Å². The fourth-order valence-electron chi connectivity index (χ4n) is 6.76. The zero-order chi connectivity index (χ0) is 21.0. The molecular formula is C25H28N2O3. The van der Waals surface area contributed by atoms with Crippen molar-refractivity contribution in [3.63, 3.8) is 0 Å². The van der Waals surface area contributed by atoms with Gasteiger partial charge in [0.2, 0.25) is 0 Å². The predicted molar refractivity (Wildman–Crippen MR) is 117 cm³/mol. The van der Waals surface area contributed by atoms with E-state index in [1.165, 1.54) is 56.2 Å². The molecule has 156 valence electrons. The molecule has 30 heavy (non-hydrogen) atoms. The fraction of sp³-hybridized carbons (Fsp3) is 0.480. The number of nitrogens with one attached hydrogen (secondary N) is 1. The minimum Gasteiger partial charge on any atom is -0.322 e. The maximum absolute atomic E-state index is 12.8. The van der Waals surface area contributed by atoms with Gasteiger partial charge in [-0.3, -0.25) is 14.9 Å². The summed E-state index contributed by atoms with van der Waals surface area (Å²) in [7, 11) is 0. The summed E-state index contributed by atoms with van der Waals surface area (Å²) in [5.41, 5.74) is 4.59. The van der Waals surface area contributed by atoms with Gasteiger partial charge in [0.15, 0.2) is 0 Å². The van der Waals surface area contributed by atoms with Crippen LogP contribution in [0.25, 0.3) is 0 Å². The van der Waals surface area contributed by atoms with Gasteiger partial charge in [-0.1, -0.05) is 18.2 Å². The predicted octanol–water partition coefficient (Wildman–Crippen LogP) is 5.93. The summed E-state index contributed by atoms with van der Waals surface area (Å²) in [5.74, 6) is 2.38.